The zero-order valence-corrected chi connectivity index (χ0v) is 26.3. The van der Waals surface area contributed by atoms with Crippen molar-refractivity contribution in [3.63, 3.8) is 0 Å². The topological polar surface area (TPSA) is 51.8 Å². The Hall–Kier alpha value is -6.17. The minimum atomic E-state index is 0.586. The molecular weight excluding hydrogens is 607 g/mol. The first-order valence-electron chi connectivity index (χ1n) is 16.0. The number of furan rings is 1. The lowest BCUT2D eigenvalue weighted by atomic mass is 9.99. The first-order chi connectivity index (χ1) is 23.8. The summed E-state index contributed by atoms with van der Waals surface area (Å²) in [5, 5.41) is 7.13. The number of nitrogens with zero attached hydrogens (tertiary/aromatic N) is 3. The second kappa shape index (κ2) is 9.67. The van der Waals surface area contributed by atoms with Crippen LogP contribution in [0, 0.1) is 0 Å². The summed E-state index contributed by atoms with van der Waals surface area (Å²) in [4.78, 5) is 15.4. The van der Waals surface area contributed by atoms with Crippen LogP contribution in [0.3, 0.4) is 0 Å². The highest BCUT2D eigenvalue weighted by Crippen LogP contribution is 2.53. The van der Waals surface area contributed by atoms with E-state index in [1.54, 1.807) is 0 Å². The summed E-state index contributed by atoms with van der Waals surface area (Å²) in [5.74, 6) is 1.86. The van der Waals surface area contributed by atoms with E-state index in [0.717, 1.165) is 38.6 Å². The molecule has 0 saturated heterocycles. The molecule has 3 aromatic heterocycles. The van der Waals surface area contributed by atoms with Crippen molar-refractivity contribution in [3.8, 4) is 56.4 Å². The highest BCUT2D eigenvalue weighted by molar-refractivity contribution is 7.26. The number of aromatic nitrogens is 3. The molecule has 0 atom stereocenters. The Bertz CT molecular complexity index is 2950. The summed E-state index contributed by atoms with van der Waals surface area (Å²) in [6.07, 6.45) is 0. The Morgan fingerprint density at radius 2 is 1.12 bits per heavy atom. The molecule has 5 heteroatoms. The molecule has 0 radical (unpaired) electrons. The van der Waals surface area contributed by atoms with Crippen molar-refractivity contribution < 1.29 is 4.42 Å². The van der Waals surface area contributed by atoms with E-state index in [0.29, 0.717) is 17.5 Å². The molecule has 0 bridgehead atoms. The van der Waals surface area contributed by atoms with Gasteiger partial charge in [0.05, 0.1) is 5.56 Å². The molecule has 4 nitrogen and oxygen atoms in total. The molecular formula is C43H23N3OS. The maximum Gasteiger partial charge on any atom is 0.167 e. The number of thiophene rings is 1. The van der Waals surface area contributed by atoms with Gasteiger partial charge < -0.3 is 4.42 Å². The van der Waals surface area contributed by atoms with Gasteiger partial charge in [0, 0.05) is 47.6 Å². The van der Waals surface area contributed by atoms with E-state index in [1.165, 1.54) is 53.2 Å². The third-order valence-corrected chi connectivity index (χ3v) is 10.9. The fraction of sp³-hybridized carbons (Fsp3) is 0. The highest BCUT2D eigenvalue weighted by Gasteiger charge is 2.26. The van der Waals surface area contributed by atoms with Crippen molar-refractivity contribution in [2.75, 3.05) is 0 Å². The largest absolute Gasteiger partial charge is 0.455 e. The smallest absolute Gasteiger partial charge is 0.167 e. The van der Waals surface area contributed by atoms with Crippen LogP contribution in [-0.4, -0.2) is 15.0 Å². The van der Waals surface area contributed by atoms with Crippen molar-refractivity contribution >= 4 is 64.2 Å². The third kappa shape index (κ3) is 3.56. The van der Waals surface area contributed by atoms with Gasteiger partial charge in [-0.1, -0.05) is 121 Å². The van der Waals surface area contributed by atoms with Crippen LogP contribution >= 0.6 is 11.3 Å². The molecule has 0 unspecified atom stereocenters. The fourth-order valence-electron chi connectivity index (χ4n) is 7.60. The van der Waals surface area contributed by atoms with Gasteiger partial charge in [-0.2, -0.15) is 0 Å². The molecule has 1 aliphatic carbocycles. The monoisotopic (exact) mass is 629 g/mol. The Labute approximate surface area is 278 Å². The predicted octanol–water partition coefficient (Wildman–Crippen LogP) is 11.9. The zero-order valence-electron chi connectivity index (χ0n) is 25.4. The van der Waals surface area contributed by atoms with Crippen LogP contribution in [0.4, 0.5) is 0 Å². The molecule has 1 aliphatic rings. The van der Waals surface area contributed by atoms with E-state index in [-0.39, 0.29) is 0 Å². The second-order valence-electron chi connectivity index (χ2n) is 12.3. The average Bonchev–Trinajstić information content (AvgIpc) is 3.83. The van der Waals surface area contributed by atoms with Gasteiger partial charge in [0.2, 0.25) is 0 Å². The van der Waals surface area contributed by atoms with Gasteiger partial charge in [0.25, 0.3) is 0 Å². The molecule has 0 N–H and O–H groups in total. The van der Waals surface area contributed by atoms with Gasteiger partial charge in [-0.3, -0.25) is 0 Å². The molecule has 3 heterocycles. The number of hydrogen-bond donors (Lipinski definition) is 0. The lowest BCUT2D eigenvalue weighted by molar-refractivity contribution is 0.669. The number of para-hydroxylation sites is 2. The normalized spacial score (nSPS) is 12.2. The summed E-state index contributed by atoms with van der Waals surface area (Å²) in [5.41, 5.74) is 9.64. The Kier molecular flexibility index (Phi) is 5.23. The van der Waals surface area contributed by atoms with E-state index >= 15 is 0 Å². The van der Waals surface area contributed by atoms with Crippen molar-refractivity contribution in [3.05, 3.63) is 140 Å². The van der Waals surface area contributed by atoms with Crippen LogP contribution in [-0.2, 0) is 0 Å². The average molecular weight is 630 g/mol. The molecule has 0 saturated carbocycles. The molecule has 0 fully saturated rings. The molecule has 10 aromatic rings. The zero-order chi connectivity index (χ0) is 31.3. The summed E-state index contributed by atoms with van der Waals surface area (Å²) in [6.45, 7) is 0. The minimum absolute atomic E-state index is 0.586. The molecule has 0 amide bonds. The van der Waals surface area contributed by atoms with Crippen LogP contribution in [0.1, 0.15) is 0 Å². The maximum atomic E-state index is 6.44. The summed E-state index contributed by atoms with van der Waals surface area (Å²) < 4.78 is 8.94. The van der Waals surface area contributed by atoms with Gasteiger partial charge in [-0.05, 0) is 45.7 Å². The number of hydrogen-bond acceptors (Lipinski definition) is 5. The van der Waals surface area contributed by atoms with Crippen molar-refractivity contribution in [2.24, 2.45) is 0 Å². The molecule has 0 aliphatic heterocycles. The van der Waals surface area contributed by atoms with Gasteiger partial charge in [0.1, 0.15) is 11.2 Å². The van der Waals surface area contributed by atoms with E-state index in [2.05, 4.69) is 84.9 Å². The van der Waals surface area contributed by atoms with Crippen LogP contribution in [0.25, 0.3) is 109 Å². The molecule has 7 aromatic carbocycles. The SMILES string of the molecule is c1ccc(-c2nc(-c3cccc4c3oc3ccccc34)nc(-c3cccc4sc5c6c(ccc5c34)-c3cccc4cccc-6c34)n2)cc1. The van der Waals surface area contributed by atoms with Crippen LogP contribution in [0.15, 0.2) is 144 Å². The predicted molar refractivity (Wildman–Crippen MR) is 198 cm³/mol. The number of rotatable bonds is 3. The summed E-state index contributed by atoms with van der Waals surface area (Å²) in [7, 11) is 0. The summed E-state index contributed by atoms with van der Waals surface area (Å²) >= 11 is 1.85. The van der Waals surface area contributed by atoms with Gasteiger partial charge >= 0.3 is 0 Å². The van der Waals surface area contributed by atoms with Crippen LogP contribution in [0.5, 0.6) is 0 Å². The lowest BCUT2D eigenvalue weighted by Crippen LogP contribution is -2.00. The van der Waals surface area contributed by atoms with Crippen LogP contribution < -0.4 is 0 Å². The first-order valence-corrected chi connectivity index (χ1v) is 16.8. The summed E-state index contributed by atoms with van der Waals surface area (Å²) in [6, 6.07) is 48.8. The van der Waals surface area contributed by atoms with Crippen molar-refractivity contribution in [1.82, 2.24) is 15.0 Å². The van der Waals surface area contributed by atoms with Gasteiger partial charge in [-0.15, -0.1) is 11.3 Å². The molecule has 11 rings (SSSR count). The maximum absolute atomic E-state index is 6.44. The van der Waals surface area contributed by atoms with E-state index in [4.69, 9.17) is 19.4 Å². The van der Waals surface area contributed by atoms with E-state index in [9.17, 15) is 0 Å². The molecule has 222 valence electrons. The van der Waals surface area contributed by atoms with Crippen molar-refractivity contribution in [1.29, 1.82) is 0 Å². The van der Waals surface area contributed by atoms with Crippen molar-refractivity contribution in [2.45, 2.75) is 0 Å². The van der Waals surface area contributed by atoms with E-state index in [1.807, 2.05) is 65.9 Å². The molecule has 48 heavy (non-hydrogen) atoms. The Balaban J connectivity index is 1.19. The van der Waals surface area contributed by atoms with Crippen LogP contribution in [0.2, 0.25) is 0 Å². The third-order valence-electron chi connectivity index (χ3n) is 9.68. The fourth-order valence-corrected chi connectivity index (χ4v) is 8.89. The lowest BCUT2D eigenvalue weighted by Gasteiger charge is -2.10. The second-order valence-corrected chi connectivity index (χ2v) is 13.4. The number of benzene rings is 7. The quantitative estimate of drug-likeness (QED) is 0.195. The van der Waals surface area contributed by atoms with Gasteiger partial charge in [-0.25, -0.2) is 15.0 Å². The standard InChI is InChI=1S/C43H23N3OS/c1-2-10-25(11-3-1)41-44-42(46-43(45-41)33-19-8-16-29-26-14-4-5-20-34(26)47-39(29)33)32-18-9-21-35-37(32)31-23-22-28-27-15-6-12-24-13-7-17-30(36(24)27)38(28)40(31)48-35/h1-23H. The molecule has 0 spiro atoms. The highest BCUT2D eigenvalue weighted by atomic mass is 32.1. The van der Waals surface area contributed by atoms with E-state index < -0.39 is 0 Å². The Morgan fingerprint density at radius 3 is 2.02 bits per heavy atom. The first kappa shape index (κ1) is 26.0. The minimum Gasteiger partial charge on any atom is -0.455 e. The number of fused-ring (bicyclic) bond motifs is 10. The Morgan fingerprint density at radius 1 is 0.438 bits per heavy atom. The van der Waals surface area contributed by atoms with Gasteiger partial charge in [0.15, 0.2) is 17.5 Å².